The number of rotatable bonds is 3. The van der Waals surface area contributed by atoms with Gasteiger partial charge in [-0.2, -0.15) is 0 Å². The highest BCUT2D eigenvalue weighted by Crippen LogP contribution is 2.11. The van der Waals surface area contributed by atoms with Crippen LogP contribution < -0.4 is 5.32 Å². The lowest BCUT2D eigenvalue weighted by Gasteiger charge is -2.06. The molecule has 1 heterocycles. The number of hydrogen-bond donors (Lipinski definition) is 2. The van der Waals surface area contributed by atoms with Gasteiger partial charge in [-0.05, 0) is 29.8 Å². The zero-order chi connectivity index (χ0) is 13.0. The van der Waals surface area contributed by atoms with Crippen molar-refractivity contribution in [2.75, 3.05) is 0 Å². The molecule has 0 unspecified atom stereocenters. The lowest BCUT2D eigenvalue weighted by molar-refractivity contribution is 0.0943. The first kappa shape index (κ1) is 12.9. The third-order valence-corrected chi connectivity index (χ3v) is 2.98. The molecule has 3 nitrogen and oxygen atoms in total. The molecule has 0 radical (unpaired) electrons. The summed E-state index contributed by atoms with van der Waals surface area (Å²) in [6.07, 6.45) is 1.57. The third-order valence-electron chi connectivity index (χ3n) is 2.37. The zero-order valence-corrected chi connectivity index (χ0v) is 11.1. The molecule has 5 heteroatoms. The first-order chi connectivity index (χ1) is 8.66. The Morgan fingerprint density at radius 2 is 2.00 bits per heavy atom. The highest BCUT2D eigenvalue weighted by Gasteiger charge is 2.09. The molecular formula is C13H11ClN2OS. The second-order valence-corrected chi connectivity index (χ2v) is 4.60. The van der Waals surface area contributed by atoms with Crippen molar-refractivity contribution in [1.82, 2.24) is 10.3 Å². The molecular weight excluding hydrogens is 268 g/mol. The fourth-order valence-electron chi connectivity index (χ4n) is 1.44. The minimum absolute atomic E-state index is 0.240. The van der Waals surface area contributed by atoms with Gasteiger partial charge >= 0.3 is 0 Å². The van der Waals surface area contributed by atoms with Gasteiger partial charge in [0.05, 0.1) is 0 Å². The molecule has 0 aliphatic heterocycles. The molecule has 1 N–H and O–H groups in total. The predicted octanol–water partition coefficient (Wildman–Crippen LogP) is 2.95. The number of thiol groups is 1. The van der Waals surface area contributed by atoms with Crippen molar-refractivity contribution < 1.29 is 4.79 Å². The van der Waals surface area contributed by atoms with Gasteiger partial charge in [-0.3, -0.25) is 4.79 Å². The van der Waals surface area contributed by atoms with Gasteiger partial charge in [0.1, 0.15) is 5.69 Å². The average molecular weight is 279 g/mol. The molecule has 18 heavy (non-hydrogen) atoms. The van der Waals surface area contributed by atoms with Crippen molar-refractivity contribution in [3.63, 3.8) is 0 Å². The molecule has 2 rings (SSSR count). The number of nitrogens with zero attached hydrogens (tertiary/aromatic N) is 1. The van der Waals surface area contributed by atoms with Crippen molar-refractivity contribution in [2.45, 2.75) is 11.4 Å². The van der Waals surface area contributed by atoms with E-state index in [9.17, 15) is 4.79 Å². The second kappa shape index (κ2) is 5.89. The molecule has 2 aromatic rings. The standard InChI is InChI=1S/C13H11ClN2OS/c14-10-5-3-9(4-6-10)8-16-13(17)12-11(18)2-1-7-15-12/h1-7,18H,8H2,(H,16,17). The van der Waals surface area contributed by atoms with Crippen molar-refractivity contribution in [1.29, 1.82) is 0 Å². The molecule has 0 aliphatic carbocycles. The average Bonchev–Trinajstić information content (AvgIpc) is 2.38. The molecule has 1 aromatic heterocycles. The lowest BCUT2D eigenvalue weighted by atomic mass is 10.2. The summed E-state index contributed by atoms with van der Waals surface area (Å²) in [6, 6.07) is 10.8. The van der Waals surface area contributed by atoms with Crippen LogP contribution in [0, 0.1) is 0 Å². The van der Waals surface area contributed by atoms with E-state index in [1.165, 1.54) is 0 Å². The van der Waals surface area contributed by atoms with Gasteiger partial charge in [0, 0.05) is 22.7 Å². The molecule has 0 saturated heterocycles. The largest absolute Gasteiger partial charge is 0.347 e. The quantitative estimate of drug-likeness (QED) is 0.848. The predicted molar refractivity (Wildman–Crippen MR) is 74.1 cm³/mol. The van der Waals surface area contributed by atoms with E-state index >= 15 is 0 Å². The van der Waals surface area contributed by atoms with Crippen LogP contribution in [0.4, 0.5) is 0 Å². The monoisotopic (exact) mass is 278 g/mol. The van der Waals surface area contributed by atoms with Crippen molar-refractivity contribution in [2.24, 2.45) is 0 Å². The maximum atomic E-state index is 11.9. The Bertz CT molecular complexity index is 557. The summed E-state index contributed by atoms with van der Waals surface area (Å²) >= 11 is 9.97. The number of carbonyl (C=O) groups is 1. The van der Waals surface area contributed by atoms with E-state index in [1.807, 2.05) is 12.1 Å². The topological polar surface area (TPSA) is 42.0 Å². The molecule has 0 bridgehead atoms. The van der Waals surface area contributed by atoms with Gasteiger partial charge in [-0.25, -0.2) is 4.98 Å². The fourth-order valence-corrected chi connectivity index (χ4v) is 1.81. The van der Waals surface area contributed by atoms with Gasteiger partial charge in [0.15, 0.2) is 0 Å². The normalized spacial score (nSPS) is 10.1. The second-order valence-electron chi connectivity index (χ2n) is 3.68. The number of aromatic nitrogens is 1. The Kier molecular flexibility index (Phi) is 4.23. The van der Waals surface area contributed by atoms with Gasteiger partial charge in [0.2, 0.25) is 0 Å². The van der Waals surface area contributed by atoms with Crippen LogP contribution in [0.2, 0.25) is 5.02 Å². The van der Waals surface area contributed by atoms with E-state index in [-0.39, 0.29) is 5.91 Å². The Labute approximate surface area is 116 Å². The van der Waals surface area contributed by atoms with Gasteiger partial charge in [-0.15, -0.1) is 12.6 Å². The number of nitrogens with one attached hydrogen (secondary N) is 1. The maximum Gasteiger partial charge on any atom is 0.271 e. The minimum Gasteiger partial charge on any atom is -0.347 e. The summed E-state index contributed by atoms with van der Waals surface area (Å²) in [6.45, 7) is 0.430. The van der Waals surface area contributed by atoms with Gasteiger partial charge in [-0.1, -0.05) is 23.7 Å². The Morgan fingerprint density at radius 3 is 2.67 bits per heavy atom. The highest BCUT2D eigenvalue weighted by molar-refractivity contribution is 7.80. The molecule has 92 valence electrons. The molecule has 0 fully saturated rings. The smallest absolute Gasteiger partial charge is 0.271 e. The molecule has 1 amide bonds. The minimum atomic E-state index is -0.240. The summed E-state index contributed by atoms with van der Waals surface area (Å²) in [7, 11) is 0. The summed E-state index contributed by atoms with van der Waals surface area (Å²) < 4.78 is 0. The fraction of sp³-hybridized carbons (Fsp3) is 0.0769. The van der Waals surface area contributed by atoms with Crippen LogP contribution in [-0.4, -0.2) is 10.9 Å². The van der Waals surface area contributed by atoms with Crippen molar-refractivity contribution >= 4 is 30.1 Å². The first-order valence-electron chi connectivity index (χ1n) is 5.33. The SMILES string of the molecule is O=C(NCc1ccc(Cl)cc1)c1ncccc1S. The van der Waals surface area contributed by atoms with E-state index in [1.54, 1.807) is 30.5 Å². The van der Waals surface area contributed by atoms with Crippen LogP contribution in [0.3, 0.4) is 0 Å². The number of pyridine rings is 1. The van der Waals surface area contributed by atoms with Gasteiger partial charge < -0.3 is 5.32 Å². The van der Waals surface area contributed by atoms with Crippen LogP contribution in [-0.2, 0) is 6.54 Å². The van der Waals surface area contributed by atoms with Crippen molar-refractivity contribution in [3.05, 3.63) is 58.9 Å². The van der Waals surface area contributed by atoms with Crippen LogP contribution in [0.25, 0.3) is 0 Å². The number of amides is 1. The summed E-state index contributed by atoms with van der Waals surface area (Å²) in [5, 5.41) is 3.46. The molecule has 0 atom stereocenters. The van der Waals surface area contributed by atoms with E-state index in [2.05, 4.69) is 22.9 Å². The van der Waals surface area contributed by atoms with E-state index in [0.717, 1.165) is 5.56 Å². The van der Waals surface area contributed by atoms with Gasteiger partial charge in [0.25, 0.3) is 5.91 Å². The summed E-state index contributed by atoms with van der Waals surface area (Å²) in [5.74, 6) is -0.240. The summed E-state index contributed by atoms with van der Waals surface area (Å²) in [4.78, 5) is 16.4. The van der Waals surface area contributed by atoms with E-state index < -0.39 is 0 Å². The van der Waals surface area contributed by atoms with Crippen LogP contribution >= 0.6 is 24.2 Å². The zero-order valence-electron chi connectivity index (χ0n) is 9.43. The molecule has 0 saturated carbocycles. The highest BCUT2D eigenvalue weighted by atomic mass is 35.5. The number of hydrogen-bond acceptors (Lipinski definition) is 3. The van der Waals surface area contributed by atoms with Crippen LogP contribution in [0.15, 0.2) is 47.5 Å². The third kappa shape index (κ3) is 3.24. The molecule has 0 aliphatic rings. The first-order valence-corrected chi connectivity index (χ1v) is 6.16. The number of benzene rings is 1. The number of carbonyl (C=O) groups excluding carboxylic acids is 1. The Hall–Kier alpha value is -1.52. The van der Waals surface area contributed by atoms with E-state index in [4.69, 9.17) is 11.6 Å². The van der Waals surface area contributed by atoms with Crippen LogP contribution in [0.5, 0.6) is 0 Å². The van der Waals surface area contributed by atoms with Crippen molar-refractivity contribution in [3.8, 4) is 0 Å². The summed E-state index contributed by atoms with van der Waals surface area (Å²) in [5.41, 5.74) is 1.30. The van der Waals surface area contributed by atoms with Crippen LogP contribution in [0.1, 0.15) is 16.1 Å². The molecule has 0 spiro atoms. The number of halogens is 1. The van der Waals surface area contributed by atoms with E-state index in [0.29, 0.717) is 22.2 Å². The Morgan fingerprint density at radius 1 is 1.28 bits per heavy atom. The Balaban J connectivity index is 2.01. The molecule has 1 aromatic carbocycles. The lowest BCUT2D eigenvalue weighted by Crippen LogP contribution is -2.24. The maximum absolute atomic E-state index is 11.9.